The third-order valence-corrected chi connectivity index (χ3v) is 12.0. The lowest BCUT2D eigenvalue weighted by molar-refractivity contribution is -0.130. The lowest BCUT2D eigenvalue weighted by Crippen LogP contribution is -2.58. The normalized spacial score (nSPS) is 60.7. The second-order valence-electron chi connectivity index (χ2n) is 13.1. The lowest BCUT2D eigenvalue weighted by Gasteiger charge is -2.56. The molecule has 0 bridgehead atoms. The fourth-order valence-electron chi connectivity index (χ4n) is 10.6. The van der Waals surface area contributed by atoms with Gasteiger partial charge >= 0.3 is 0 Å². The number of hydrogen-bond donors (Lipinski definition) is 2. The molecule has 2 N–H and O–H groups in total. The van der Waals surface area contributed by atoms with Crippen LogP contribution in [0.25, 0.3) is 0 Å². The van der Waals surface area contributed by atoms with Gasteiger partial charge in [-0.15, -0.1) is 0 Å². The van der Waals surface area contributed by atoms with Crippen LogP contribution in [0.1, 0.15) is 78.6 Å². The van der Waals surface area contributed by atoms with Crippen LogP contribution in [0.5, 0.6) is 0 Å². The molecule has 2 saturated heterocycles. The van der Waals surface area contributed by atoms with Crippen molar-refractivity contribution in [3.8, 4) is 0 Å². The van der Waals surface area contributed by atoms with E-state index >= 15 is 0 Å². The Morgan fingerprint density at radius 1 is 0.733 bits per heavy atom. The monoisotopic (exact) mass is 415 g/mol. The highest BCUT2D eigenvalue weighted by Crippen LogP contribution is 2.67. The minimum absolute atomic E-state index is 0.180. The minimum Gasteiger partial charge on any atom is -0.393 e. The van der Waals surface area contributed by atoms with Crippen molar-refractivity contribution in [2.24, 2.45) is 58.7 Å². The van der Waals surface area contributed by atoms with Crippen LogP contribution in [0.2, 0.25) is 0 Å². The van der Waals surface area contributed by atoms with Gasteiger partial charge in [-0.05, 0) is 116 Å². The van der Waals surface area contributed by atoms with Gasteiger partial charge in [-0.3, -0.25) is 4.90 Å². The van der Waals surface area contributed by atoms with Crippen molar-refractivity contribution in [3.05, 3.63) is 0 Å². The molecule has 4 aliphatic carbocycles. The van der Waals surface area contributed by atoms with Gasteiger partial charge in [0, 0.05) is 19.1 Å². The first kappa shape index (κ1) is 20.5. The predicted molar refractivity (Wildman–Crippen MR) is 120 cm³/mol. The van der Waals surface area contributed by atoms with Crippen LogP contribution in [-0.2, 0) is 0 Å². The molecule has 0 aromatic carbocycles. The number of aliphatic hydroxyl groups is 2. The molecule has 30 heavy (non-hydrogen) atoms. The Morgan fingerprint density at radius 2 is 1.53 bits per heavy atom. The van der Waals surface area contributed by atoms with Crippen LogP contribution in [0, 0.1) is 58.7 Å². The summed E-state index contributed by atoms with van der Waals surface area (Å²) in [5.74, 6) is 7.22. The van der Waals surface area contributed by atoms with Crippen molar-refractivity contribution in [2.45, 2.75) is 96.8 Å². The highest BCUT2D eigenvalue weighted by Gasteiger charge is 2.62. The maximum atomic E-state index is 11.2. The smallest absolute Gasteiger partial charge is 0.0577 e. The zero-order valence-electron chi connectivity index (χ0n) is 19.5. The van der Waals surface area contributed by atoms with E-state index in [9.17, 15) is 10.2 Å². The molecule has 13 atom stereocenters. The van der Waals surface area contributed by atoms with E-state index in [4.69, 9.17) is 0 Å². The number of fused-ring (bicyclic) bond motifs is 8. The number of piperidine rings is 2. The molecule has 3 nitrogen and oxygen atoms in total. The van der Waals surface area contributed by atoms with E-state index in [0.29, 0.717) is 5.92 Å². The Labute approximate surface area is 184 Å². The maximum Gasteiger partial charge on any atom is 0.0577 e. The van der Waals surface area contributed by atoms with Crippen LogP contribution in [0.15, 0.2) is 0 Å². The van der Waals surface area contributed by atoms with Gasteiger partial charge in [0.25, 0.3) is 0 Å². The number of aliphatic hydroxyl groups excluding tert-OH is 2. The molecule has 0 aromatic rings. The van der Waals surface area contributed by atoms with E-state index in [1.54, 1.807) is 0 Å². The predicted octanol–water partition coefficient (Wildman–Crippen LogP) is 4.56. The van der Waals surface area contributed by atoms with Crippen molar-refractivity contribution in [3.63, 3.8) is 0 Å². The molecular weight excluding hydrogens is 370 g/mol. The van der Waals surface area contributed by atoms with Crippen LogP contribution >= 0.6 is 0 Å². The third kappa shape index (κ3) is 2.86. The topological polar surface area (TPSA) is 43.7 Å². The standard InChI is InChI=1S/C27H45NO2/c1-15-4-7-25-16(2)18-5-6-19-20(22(18)14-28(25)13-15)11-23-21(19)12-26(30)24-10-17(29)8-9-27(23,24)3/h15-26,29-30H,4-14H2,1-3H3/t15-,16-,17+,18+,19-,20+,21+,22-,23-,24-,25-,26+,27-/m1/s1. The minimum atomic E-state index is -0.181. The largest absolute Gasteiger partial charge is 0.393 e. The molecule has 0 amide bonds. The average Bonchev–Trinajstić information content (AvgIpc) is 3.09. The molecule has 0 aromatic heterocycles. The van der Waals surface area contributed by atoms with E-state index in [1.807, 2.05) is 0 Å². The van der Waals surface area contributed by atoms with Crippen molar-refractivity contribution in [1.82, 2.24) is 4.90 Å². The van der Waals surface area contributed by atoms with Crippen LogP contribution in [-0.4, -0.2) is 46.5 Å². The summed E-state index contributed by atoms with van der Waals surface area (Å²) < 4.78 is 0. The van der Waals surface area contributed by atoms with Gasteiger partial charge in [-0.2, -0.15) is 0 Å². The maximum absolute atomic E-state index is 11.2. The Hall–Kier alpha value is -0.120. The van der Waals surface area contributed by atoms with Gasteiger partial charge in [-0.1, -0.05) is 20.8 Å². The van der Waals surface area contributed by atoms with E-state index in [-0.39, 0.29) is 17.6 Å². The second-order valence-corrected chi connectivity index (χ2v) is 13.1. The summed E-state index contributed by atoms with van der Waals surface area (Å²) in [6, 6.07) is 0.853. The fraction of sp³-hybridized carbons (Fsp3) is 1.00. The first-order valence-corrected chi connectivity index (χ1v) is 13.5. The van der Waals surface area contributed by atoms with Gasteiger partial charge in [0.15, 0.2) is 0 Å². The molecule has 6 aliphatic rings. The Bertz CT molecular complexity index is 665. The van der Waals surface area contributed by atoms with Crippen molar-refractivity contribution in [2.75, 3.05) is 13.1 Å². The van der Waals surface area contributed by atoms with Crippen LogP contribution < -0.4 is 0 Å². The number of nitrogens with zero attached hydrogens (tertiary/aromatic N) is 1. The lowest BCUT2D eigenvalue weighted by atomic mass is 9.51. The van der Waals surface area contributed by atoms with Gasteiger partial charge in [-0.25, -0.2) is 0 Å². The van der Waals surface area contributed by atoms with E-state index < -0.39 is 0 Å². The van der Waals surface area contributed by atoms with E-state index in [2.05, 4.69) is 25.7 Å². The van der Waals surface area contributed by atoms with E-state index in [1.165, 1.54) is 45.2 Å². The summed E-state index contributed by atoms with van der Waals surface area (Å²) in [6.45, 7) is 10.3. The van der Waals surface area contributed by atoms with Gasteiger partial charge < -0.3 is 10.2 Å². The summed E-state index contributed by atoms with van der Waals surface area (Å²) in [7, 11) is 0. The first-order valence-electron chi connectivity index (χ1n) is 13.5. The summed E-state index contributed by atoms with van der Waals surface area (Å²) in [5.41, 5.74) is 0.261. The van der Waals surface area contributed by atoms with Gasteiger partial charge in [0.2, 0.25) is 0 Å². The Kier molecular flexibility index (Phi) is 4.91. The number of rotatable bonds is 0. The van der Waals surface area contributed by atoms with Gasteiger partial charge in [0.1, 0.15) is 0 Å². The first-order chi connectivity index (χ1) is 14.4. The summed E-state index contributed by atoms with van der Waals surface area (Å²) in [6.07, 6.45) is 10.7. The molecule has 3 heteroatoms. The molecule has 6 fully saturated rings. The Morgan fingerprint density at radius 3 is 2.37 bits per heavy atom. The molecule has 2 aliphatic heterocycles. The van der Waals surface area contributed by atoms with Crippen molar-refractivity contribution < 1.29 is 10.2 Å². The molecular formula is C27H45NO2. The van der Waals surface area contributed by atoms with E-state index in [0.717, 1.165) is 79.1 Å². The van der Waals surface area contributed by atoms with Crippen molar-refractivity contribution >= 4 is 0 Å². The molecule has 6 rings (SSSR count). The quantitative estimate of drug-likeness (QED) is 0.609. The van der Waals surface area contributed by atoms with Gasteiger partial charge in [0.05, 0.1) is 12.2 Å². The molecule has 170 valence electrons. The second kappa shape index (κ2) is 7.19. The van der Waals surface area contributed by atoms with Crippen LogP contribution in [0.3, 0.4) is 0 Å². The molecule has 0 spiro atoms. The summed E-state index contributed by atoms with van der Waals surface area (Å²) in [5, 5.41) is 21.5. The SMILES string of the molecule is C[C@@H]1CC[C@@H]2[C@H](C)[C@@H]3CC[C@@H]4[C@H](C[C@@H]5[C@H]4C[C@H](O)[C@H]4C[C@@H](O)CC[C@]54C)[C@@H]3CN2C1. The summed E-state index contributed by atoms with van der Waals surface area (Å²) >= 11 is 0. The van der Waals surface area contributed by atoms with Crippen LogP contribution in [0.4, 0.5) is 0 Å². The Balaban J connectivity index is 1.28. The zero-order chi connectivity index (χ0) is 20.8. The van der Waals surface area contributed by atoms with Crippen molar-refractivity contribution in [1.29, 1.82) is 0 Å². The third-order valence-electron chi connectivity index (χ3n) is 12.0. The number of hydrogen-bond acceptors (Lipinski definition) is 3. The fourth-order valence-corrected chi connectivity index (χ4v) is 10.6. The molecule has 0 unspecified atom stereocenters. The summed E-state index contributed by atoms with van der Waals surface area (Å²) in [4.78, 5) is 2.92. The average molecular weight is 416 g/mol. The highest BCUT2D eigenvalue weighted by atomic mass is 16.3. The molecule has 4 saturated carbocycles. The molecule has 0 radical (unpaired) electrons. The highest BCUT2D eigenvalue weighted by molar-refractivity contribution is 5.12. The zero-order valence-corrected chi connectivity index (χ0v) is 19.5. The molecule has 2 heterocycles.